The molecule has 7 nitrogen and oxygen atoms in total. The van der Waals surface area contributed by atoms with Gasteiger partial charge in [0.25, 0.3) is 0 Å². The molecule has 11 heteroatoms. The van der Waals surface area contributed by atoms with Crippen LogP contribution in [0.15, 0.2) is 42.5 Å². The van der Waals surface area contributed by atoms with E-state index >= 15 is 0 Å². The summed E-state index contributed by atoms with van der Waals surface area (Å²) in [6, 6.07) is 10.1. The molecule has 1 fully saturated rings. The number of halogens is 4. The van der Waals surface area contributed by atoms with Gasteiger partial charge in [-0.15, -0.1) is 13.2 Å². The number of nitrogens with one attached hydrogen (secondary N) is 1. The fourth-order valence-electron chi connectivity index (χ4n) is 3.50. The van der Waals surface area contributed by atoms with Crippen LogP contribution in [0.25, 0.3) is 16.6 Å². The van der Waals surface area contributed by atoms with Crippen molar-refractivity contribution < 1.29 is 31.8 Å². The van der Waals surface area contributed by atoms with Crippen molar-refractivity contribution in [1.82, 2.24) is 9.47 Å². The first-order valence-corrected chi connectivity index (χ1v) is 9.51. The van der Waals surface area contributed by atoms with E-state index in [0.717, 1.165) is 12.1 Å². The molecule has 0 unspecified atom stereocenters. The largest absolute Gasteiger partial charge is 0.573 e. The minimum atomic E-state index is -4.85. The Bertz CT molecular complexity index is 1190. The average molecular weight is 448 g/mol. The smallest absolute Gasteiger partial charge is 0.406 e. The molecule has 4 rings (SSSR count). The number of aromatic nitrogens is 1. The number of nitriles is 1. The Kier molecular flexibility index (Phi) is 5.63. The Morgan fingerprint density at radius 2 is 1.81 bits per heavy atom. The molecular weight excluding hydrogens is 432 g/mol. The monoisotopic (exact) mass is 448 g/mol. The third kappa shape index (κ3) is 4.31. The number of urea groups is 1. The van der Waals surface area contributed by atoms with Crippen molar-refractivity contribution in [3.8, 4) is 17.5 Å². The second-order valence-electron chi connectivity index (χ2n) is 6.90. The zero-order valence-electron chi connectivity index (χ0n) is 16.4. The third-order valence-corrected chi connectivity index (χ3v) is 4.89. The topological polar surface area (TPSA) is 79.5 Å². The van der Waals surface area contributed by atoms with E-state index in [1.807, 2.05) is 6.07 Å². The molecule has 0 spiro atoms. The van der Waals surface area contributed by atoms with Crippen molar-refractivity contribution in [2.24, 2.45) is 0 Å². The number of anilines is 1. The molecule has 0 radical (unpaired) electrons. The van der Waals surface area contributed by atoms with Gasteiger partial charge in [0.2, 0.25) is 0 Å². The molecule has 0 atom stereocenters. The Hall–Kier alpha value is -3.78. The predicted octanol–water partition coefficient (Wildman–Crippen LogP) is 4.40. The van der Waals surface area contributed by atoms with Gasteiger partial charge in [0.15, 0.2) is 0 Å². The minimum Gasteiger partial charge on any atom is -0.406 e. The van der Waals surface area contributed by atoms with E-state index in [1.165, 1.54) is 39.8 Å². The van der Waals surface area contributed by atoms with Crippen LogP contribution in [0.5, 0.6) is 5.75 Å². The van der Waals surface area contributed by atoms with Crippen molar-refractivity contribution in [2.75, 3.05) is 31.6 Å². The van der Waals surface area contributed by atoms with Gasteiger partial charge >= 0.3 is 12.4 Å². The Morgan fingerprint density at radius 3 is 2.44 bits per heavy atom. The number of amides is 2. The highest BCUT2D eigenvalue weighted by Crippen LogP contribution is 2.34. The number of ether oxygens (including phenoxy) is 2. The highest BCUT2D eigenvalue weighted by molar-refractivity contribution is 6.00. The Labute approximate surface area is 179 Å². The third-order valence-electron chi connectivity index (χ3n) is 4.89. The Morgan fingerprint density at radius 1 is 1.12 bits per heavy atom. The highest BCUT2D eigenvalue weighted by atomic mass is 19.4. The lowest BCUT2D eigenvalue weighted by atomic mass is 10.2. The fraction of sp³-hybridized carbons (Fsp3) is 0.238. The standard InChI is InChI=1S/C21H16F4N4O3/c22-13-1-6-16-17(12-26)19(27-20(30)28-7-9-31-10-8-28)29(18(16)11-13)14-2-4-15(5-3-14)32-21(23,24)25/h1-6,11H,7-10H2,(H,27,30). The van der Waals surface area contributed by atoms with Gasteiger partial charge < -0.3 is 14.4 Å². The lowest BCUT2D eigenvalue weighted by Crippen LogP contribution is -2.43. The van der Waals surface area contributed by atoms with Crippen molar-refractivity contribution in [1.29, 1.82) is 5.26 Å². The molecule has 2 heterocycles. The Balaban J connectivity index is 1.81. The number of fused-ring (bicyclic) bond motifs is 1. The summed E-state index contributed by atoms with van der Waals surface area (Å²) in [5.41, 5.74) is 0.662. The lowest BCUT2D eigenvalue weighted by molar-refractivity contribution is -0.274. The van der Waals surface area contributed by atoms with E-state index in [0.29, 0.717) is 37.4 Å². The number of morpholine rings is 1. The van der Waals surface area contributed by atoms with Gasteiger partial charge in [-0.3, -0.25) is 9.88 Å². The van der Waals surface area contributed by atoms with Gasteiger partial charge in [0.05, 0.1) is 18.7 Å². The molecule has 1 aliphatic rings. The normalized spacial score (nSPS) is 14.3. The van der Waals surface area contributed by atoms with Crippen molar-refractivity contribution in [2.45, 2.75) is 6.36 Å². The maximum absolute atomic E-state index is 14.0. The van der Waals surface area contributed by atoms with Crippen LogP contribution in [0.2, 0.25) is 0 Å². The lowest BCUT2D eigenvalue weighted by Gasteiger charge is -2.27. The number of nitrogens with zero attached hydrogens (tertiary/aromatic N) is 3. The summed E-state index contributed by atoms with van der Waals surface area (Å²) in [4.78, 5) is 14.3. The van der Waals surface area contributed by atoms with Crippen LogP contribution in [0.1, 0.15) is 5.56 Å². The van der Waals surface area contributed by atoms with Gasteiger partial charge in [-0.25, -0.2) is 9.18 Å². The molecule has 1 aromatic heterocycles. The number of rotatable bonds is 3. The number of hydrogen-bond acceptors (Lipinski definition) is 4. The number of carbonyl (C=O) groups excluding carboxylic acids is 1. The summed E-state index contributed by atoms with van der Waals surface area (Å²) in [5, 5.41) is 12.8. The van der Waals surface area contributed by atoms with Gasteiger partial charge in [0.1, 0.15) is 29.0 Å². The number of alkyl halides is 3. The van der Waals surface area contributed by atoms with Crippen molar-refractivity contribution >= 4 is 22.8 Å². The first kappa shape index (κ1) is 21.5. The number of carbonyl (C=O) groups is 1. The fourth-order valence-corrected chi connectivity index (χ4v) is 3.50. The zero-order valence-corrected chi connectivity index (χ0v) is 16.4. The van der Waals surface area contributed by atoms with Crippen LogP contribution in [0, 0.1) is 17.1 Å². The molecule has 1 aliphatic heterocycles. The molecule has 3 aromatic rings. The second-order valence-corrected chi connectivity index (χ2v) is 6.90. The van der Waals surface area contributed by atoms with Crippen LogP contribution >= 0.6 is 0 Å². The summed E-state index contributed by atoms with van der Waals surface area (Å²) >= 11 is 0. The maximum Gasteiger partial charge on any atom is 0.573 e. The van der Waals surface area contributed by atoms with Gasteiger partial charge in [-0.1, -0.05) is 0 Å². The van der Waals surface area contributed by atoms with Crippen LogP contribution < -0.4 is 10.1 Å². The highest BCUT2D eigenvalue weighted by Gasteiger charge is 2.31. The van der Waals surface area contributed by atoms with E-state index in [1.54, 1.807) is 0 Å². The van der Waals surface area contributed by atoms with Crippen LogP contribution in [0.3, 0.4) is 0 Å². The second kappa shape index (κ2) is 8.39. The summed E-state index contributed by atoms with van der Waals surface area (Å²) in [6.45, 7) is 1.44. The van der Waals surface area contributed by atoms with Crippen LogP contribution in [-0.4, -0.2) is 48.2 Å². The first-order chi connectivity index (χ1) is 15.3. The molecule has 0 bridgehead atoms. The van der Waals surface area contributed by atoms with E-state index in [-0.39, 0.29) is 16.9 Å². The van der Waals surface area contributed by atoms with Gasteiger partial charge in [-0.2, -0.15) is 5.26 Å². The number of hydrogen-bond donors (Lipinski definition) is 1. The molecule has 2 aromatic carbocycles. The maximum atomic E-state index is 14.0. The summed E-state index contributed by atoms with van der Waals surface area (Å²) in [6.07, 6.45) is -4.85. The predicted molar refractivity (Wildman–Crippen MR) is 106 cm³/mol. The molecule has 2 amide bonds. The molecule has 32 heavy (non-hydrogen) atoms. The summed E-state index contributed by atoms with van der Waals surface area (Å²) in [5.74, 6) is -0.943. The molecule has 1 saturated heterocycles. The van der Waals surface area contributed by atoms with Crippen molar-refractivity contribution in [3.63, 3.8) is 0 Å². The van der Waals surface area contributed by atoms with E-state index in [4.69, 9.17) is 4.74 Å². The number of benzene rings is 2. The first-order valence-electron chi connectivity index (χ1n) is 9.51. The molecule has 0 saturated carbocycles. The van der Waals surface area contributed by atoms with E-state index in [9.17, 15) is 27.6 Å². The van der Waals surface area contributed by atoms with E-state index < -0.39 is 24.0 Å². The zero-order chi connectivity index (χ0) is 22.9. The SMILES string of the molecule is N#Cc1c(NC(=O)N2CCOCC2)n(-c2ccc(OC(F)(F)F)cc2)c2cc(F)ccc12. The van der Waals surface area contributed by atoms with Crippen LogP contribution in [0.4, 0.5) is 28.2 Å². The van der Waals surface area contributed by atoms with Gasteiger partial charge in [0, 0.05) is 24.2 Å². The van der Waals surface area contributed by atoms with Crippen molar-refractivity contribution in [3.05, 3.63) is 53.8 Å². The molecule has 166 valence electrons. The van der Waals surface area contributed by atoms with Crippen LogP contribution in [-0.2, 0) is 4.74 Å². The average Bonchev–Trinajstić information content (AvgIpc) is 3.05. The van der Waals surface area contributed by atoms with E-state index in [2.05, 4.69) is 10.1 Å². The summed E-state index contributed by atoms with van der Waals surface area (Å²) in [7, 11) is 0. The summed E-state index contributed by atoms with van der Waals surface area (Å²) < 4.78 is 62.0. The molecule has 1 N–H and O–H groups in total. The molecular formula is C21H16F4N4O3. The molecule has 0 aliphatic carbocycles. The quantitative estimate of drug-likeness (QED) is 0.603. The van der Waals surface area contributed by atoms with Gasteiger partial charge in [-0.05, 0) is 42.5 Å². The minimum absolute atomic E-state index is 0.0779.